The number of nitrogens with zero attached hydrogens (tertiary/aromatic N) is 2. The fraction of sp³-hybridized carbons (Fsp3) is 0.729. The highest BCUT2D eigenvalue weighted by atomic mass is 16.5. The van der Waals surface area contributed by atoms with E-state index in [0.717, 1.165) is 0 Å². The van der Waals surface area contributed by atoms with Gasteiger partial charge in [0, 0.05) is 115 Å². The van der Waals surface area contributed by atoms with Gasteiger partial charge in [0.05, 0.1) is 18.4 Å². The van der Waals surface area contributed by atoms with Gasteiger partial charge in [-0.3, -0.25) is 52.7 Å². The van der Waals surface area contributed by atoms with E-state index in [4.69, 9.17) is 59.9 Å². The second-order valence-corrected chi connectivity index (χ2v) is 16.7. The predicted octanol–water partition coefficient (Wildman–Crippen LogP) is 0.597. The molecule has 0 bridgehead atoms. The number of Topliss-reactive ketones (excluding diaryl/α,β-unsaturated/α-hetero) is 3. The second kappa shape index (κ2) is 50.0. The van der Waals surface area contributed by atoms with Gasteiger partial charge in [-0.15, -0.1) is 0 Å². The molecule has 10 N–H and O–H groups in total. The van der Waals surface area contributed by atoms with E-state index >= 15 is 0 Å². The van der Waals surface area contributed by atoms with E-state index < -0.39 is 115 Å². The Labute approximate surface area is 436 Å². The highest BCUT2D eigenvalue weighted by Crippen LogP contribution is 2.22. The quantitative estimate of drug-likeness (QED) is 0.0375. The van der Waals surface area contributed by atoms with Crippen molar-refractivity contribution >= 4 is 78.6 Å². The number of amides is 2. The van der Waals surface area contributed by atoms with Gasteiger partial charge in [0.25, 0.3) is 0 Å². The number of carboxylic acids is 6. The highest BCUT2D eigenvalue weighted by Gasteiger charge is 2.31. The average molecular weight is 1090 g/mol. The van der Waals surface area contributed by atoms with E-state index in [1.54, 1.807) is 18.7 Å². The summed E-state index contributed by atoms with van der Waals surface area (Å²) in [6, 6.07) is -0.516. The first-order valence-corrected chi connectivity index (χ1v) is 24.0. The van der Waals surface area contributed by atoms with Crippen LogP contribution in [0.4, 0.5) is 0 Å². The number of aliphatic carboxylic acids is 6. The molecule has 0 fully saturated rings. The molecule has 0 aliphatic carbocycles. The van der Waals surface area contributed by atoms with Crippen molar-refractivity contribution in [3.63, 3.8) is 0 Å². The molecule has 0 radical (unpaired) electrons. The highest BCUT2D eigenvalue weighted by molar-refractivity contribution is 5.92. The van der Waals surface area contributed by atoms with Crippen molar-refractivity contribution in [1.82, 2.24) is 9.80 Å². The standard InChI is InChI=1S/C23H37NO12.C12H18O7.C11H23NO4.2CH2O/c1-15(7-9-26)24(20(29)14-36-10-2-8-25)13-18(27)11-16(3-5-21(30)31)19(28)12-17(23(34)35)4-6-22(32)33;1-7(2-4-10(14)15)9(13)6-8(12(18)19)3-5-11(16)17;1-3-12(10(2)5-7-14)11(15)9-16-8-4-6-13;2*1-2/h15-17,25-26H,2-14H2,1H3,(H,30,31)(H,32,33)(H,34,35);7-8H,2-6H2,1H3,(H,14,15)(H,16,17)(H,18,19);10,13-14H,3-9H2,1-2H3;2*1H2. The lowest BCUT2D eigenvalue weighted by Crippen LogP contribution is -2.44. The zero-order valence-corrected chi connectivity index (χ0v) is 43.5. The first-order valence-electron chi connectivity index (χ1n) is 24.0. The number of hydrogen-bond acceptors (Lipinski definition) is 19. The molecule has 0 heterocycles. The fourth-order valence-corrected chi connectivity index (χ4v) is 6.51. The summed E-state index contributed by atoms with van der Waals surface area (Å²) < 4.78 is 10.3. The van der Waals surface area contributed by atoms with Crippen molar-refractivity contribution in [2.75, 3.05) is 65.9 Å². The number of carboxylic acid groups (broad SMARTS) is 6. The van der Waals surface area contributed by atoms with Gasteiger partial charge in [-0.05, 0) is 72.1 Å². The molecule has 0 spiro atoms. The molecular formula is C48H82N2O25. The van der Waals surface area contributed by atoms with Gasteiger partial charge in [0.1, 0.15) is 38.4 Å². The second-order valence-electron chi connectivity index (χ2n) is 16.7. The third kappa shape index (κ3) is 43.9. The average Bonchev–Trinajstić information content (AvgIpc) is 3.35. The smallest absolute Gasteiger partial charge is 0.306 e. The van der Waals surface area contributed by atoms with Crippen LogP contribution in [-0.4, -0.2) is 217 Å². The summed E-state index contributed by atoms with van der Waals surface area (Å²) >= 11 is 0. The van der Waals surface area contributed by atoms with Crippen LogP contribution < -0.4 is 0 Å². The van der Waals surface area contributed by atoms with E-state index in [2.05, 4.69) is 0 Å². The number of rotatable bonds is 41. The van der Waals surface area contributed by atoms with Crippen LogP contribution in [-0.2, 0) is 71.8 Å². The minimum absolute atomic E-state index is 0.0314. The molecule has 27 nitrogen and oxygen atoms in total. The molecule has 0 aliphatic rings. The Morgan fingerprint density at radius 2 is 0.800 bits per heavy atom. The summed E-state index contributed by atoms with van der Waals surface area (Å²) in [4.78, 5) is 145. The zero-order chi connectivity index (χ0) is 59.1. The Morgan fingerprint density at radius 1 is 0.453 bits per heavy atom. The van der Waals surface area contributed by atoms with Gasteiger partial charge >= 0.3 is 35.8 Å². The minimum Gasteiger partial charge on any atom is -0.481 e. The molecule has 0 aliphatic heterocycles. The maximum Gasteiger partial charge on any atom is 0.306 e. The molecule has 0 aromatic rings. The normalized spacial score (nSPS) is 12.6. The summed E-state index contributed by atoms with van der Waals surface area (Å²) in [6.45, 7) is 11.1. The first-order chi connectivity index (χ1) is 35.3. The number of hydrogen-bond donors (Lipinski definition) is 10. The van der Waals surface area contributed by atoms with Gasteiger partial charge in [-0.2, -0.15) is 0 Å². The van der Waals surface area contributed by atoms with E-state index in [1.807, 2.05) is 27.4 Å². The maximum absolute atomic E-state index is 12.8. The largest absolute Gasteiger partial charge is 0.481 e. The van der Waals surface area contributed by atoms with E-state index in [-0.39, 0.29) is 115 Å². The predicted molar refractivity (Wildman–Crippen MR) is 262 cm³/mol. The summed E-state index contributed by atoms with van der Waals surface area (Å²) in [6.07, 6.45) is -1.50. The Balaban J connectivity index is -0.000000350. The van der Waals surface area contributed by atoms with Crippen LogP contribution in [0, 0.1) is 23.7 Å². The number of carbonyl (C=O) groups is 13. The molecule has 6 unspecified atom stereocenters. The third-order valence-electron chi connectivity index (χ3n) is 10.8. The van der Waals surface area contributed by atoms with Gasteiger partial charge in [-0.25, -0.2) is 0 Å². The summed E-state index contributed by atoms with van der Waals surface area (Å²) in [5.41, 5.74) is 0. The number of carbonyl (C=O) groups excluding carboxylic acids is 7. The first kappa shape index (κ1) is 77.8. The van der Waals surface area contributed by atoms with E-state index in [9.17, 15) is 63.0 Å². The van der Waals surface area contributed by atoms with Crippen LogP contribution in [0.1, 0.15) is 124 Å². The maximum atomic E-state index is 12.8. The van der Waals surface area contributed by atoms with Gasteiger partial charge in [-0.1, -0.05) is 6.92 Å². The Bertz CT molecular complexity index is 1680. The molecule has 0 saturated carbocycles. The van der Waals surface area contributed by atoms with Crippen molar-refractivity contribution in [2.45, 2.75) is 136 Å². The van der Waals surface area contributed by atoms with Gasteiger partial charge < -0.3 is 79.9 Å². The molecule has 0 aromatic carbocycles. The van der Waals surface area contributed by atoms with Crippen LogP contribution in [0.2, 0.25) is 0 Å². The number of ether oxygens (including phenoxy) is 2. The lowest BCUT2D eigenvalue weighted by Gasteiger charge is -2.29. The van der Waals surface area contributed by atoms with E-state index in [1.165, 1.54) is 4.90 Å². The number of likely N-dealkylation sites (N-methyl/N-ethyl adjacent to an activating group) is 1. The van der Waals surface area contributed by atoms with Gasteiger partial charge in [0.2, 0.25) is 11.8 Å². The summed E-state index contributed by atoms with van der Waals surface area (Å²) in [7, 11) is 0. The van der Waals surface area contributed by atoms with Crippen molar-refractivity contribution in [2.24, 2.45) is 23.7 Å². The molecular weight excluding hydrogens is 1000 g/mol. The SMILES string of the molecule is C=O.C=O.CC(CCC(=O)O)C(=O)CC(CCC(=O)O)C(=O)O.CC(CCO)N(CC(=O)CC(CCC(=O)O)C(=O)CC(CCC(=O)O)C(=O)O)C(=O)COCCCO.CCN(C(=O)COCCCO)C(C)CCO. The topological polar surface area (TPSA) is 449 Å². The van der Waals surface area contributed by atoms with Crippen LogP contribution in [0.5, 0.6) is 0 Å². The molecule has 75 heavy (non-hydrogen) atoms. The Hall–Kier alpha value is -6.13. The third-order valence-corrected chi connectivity index (χ3v) is 10.8. The lowest BCUT2D eigenvalue weighted by molar-refractivity contribution is -0.146. The Morgan fingerprint density at radius 3 is 1.15 bits per heavy atom. The van der Waals surface area contributed by atoms with Gasteiger partial charge in [0.15, 0.2) is 5.78 Å². The summed E-state index contributed by atoms with van der Waals surface area (Å²) in [5.74, 6) is -13.3. The van der Waals surface area contributed by atoms with Crippen molar-refractivity contribution in [3.05, 3.63) is 0 Å². The number of ketones is 3. The number of aliphatic hydroxyl groups is 4. The van der Waals surface area contributed by atoms with Crippen LogP contribution in [0.25, 0.3) is 0 Å². The molecule has 27 heteroatoms. The molecule has 6 atom stereocenters. The van der Waals surface area contributed by atoms with Crippen molar-refractivity contribution < 1.29 is 123 Å². The van der Waals surface area contributed by atoms with E-state index in [0.29, 0.717) is 32.4 Å². The van der Waals surface area contributed by atoms with Crippen LogP contribution in [0.3, 0.4) is 0 Å². The fourth-order valence-electron chi connectivity index (χ4n) is 6.51. The Kier molecular flexibility index (Phi) is 51.9. The van der Waals surface area contributed by atoms with Crippen molar-refractivity contribution in [1.29, 1.82) is 0 Å². The van der Waals surface area contributed by atoms with Crippen LogP contribution >= 0.6 is 0 Å². The molecule has 2 amide bonds. The molecule has 434 valence electrons. The lowest BCUT2D eigenvalue weighted by atomic mass is 9.86. The monoisotopic (exact) mass is 1090 g/mol. The minimum atomic E-state index is -1.37. The zero-order valence-electron chi connectivity index (χ0n) is 43.5. The molecule has 0 rings (SSSR count). The number of aliphatic hydroxyl groups excluding tert-OH is 4. The molecule has 0 saturated heterocycles. The van der Waals surface area contributed by atoms with Crippen molar-refractivity contribution in [3.8, 4) is 0 Å². The summed E-state index contributed by atoms with van der Waals surface area (Å²) in [5, 5.41) is 88.4. The van der Waals surface area contributed by atoms with Crippen LogP contribution in [0.15, 0.2) is 0 Å². The molecule has 0 aromatic heterocycles.